The summed E-state index contributed by atoms with van der Waals surface area (Å²) in [5.41, 5.74) is 4.41. The van der Waals surface area contributed by atoms with E-state index < -0.39 is 14.1 Å². The van der Waals surface area contributed by atoms with Crippen molar-refractivity contribution in [2.45, 2.75) is 64.6 Å². The molecule has 0 N–H and O–H groups in total. The number of benzene rings is 5. The van der Waals surface area contributed by atoms with E-state index in [1.807, 2.05) is 66.7 Å². The van der Waals surface area contributed by atoms with Gasteiger partial charge in [0.2, 0.25) is 5.69 Å². The Bertz CT molecular complexity index is 2180. The fourth-order valence-electron chi connectivity index (χ4n) is 7.21. The van der Waals surface area contributed by atoms with Crippen LogP contribution in [-0.4, -0.2) is 75.3 Å². The maximum atomic E-state index is 11.6. The molecule has 0 heterocycles. The molecule has 332 valence electrons. The van der Waals surface area contributed by atoms with E-state index in [9.17, 15) is 10.5 Å². The van der Waals surface area contributed by atoms with Crippen LogP contribution in [0.5, 0.6) is 11.5 Å². The van der Waals surface area contributed by atoms with Crippen molar-refractivity contribution in [3.8, 4) is 17.6 Å². The van der Waals surface area contributed by atoms with Gasteiger partial charge in [0.05, 0.1) is 57.2 Å². The van der Waals surface area contributed by atoms with Crippen LogP contribution in [0.2, 0.25) is 5.02 Å². The number of anilines is 1. The monoisotopic (exact) mass is 892 g/mol. The van der Waals surface area contributed by atoms with Crippen molar-refractivity contribution in [1.82, 2.24) is 4.67 Å². The van der Waals surface area contributed by atoms with Crippen LogP contribution in [-0.2, 0) is 19.4 Å². The third-order valence-electron chi connectivity index (χ3n) is 10.2. The molecule has 5 aromatic rings. The van der Waals surface area contributed by atoms with E-state index in [2.05, 4.69) is 96.7 Å². The molecule has 14 heteroatoms. The van der Waals surface area contributed by atoms with E-state index in [4.69, 9.17) is 34.9 Å². The molecule has 5 rings (SSSR count). The molecular formula is C49H58ClN6O6P. The summed E-state index contributed by atoms with van der Waals surface area (Å²) in [6, 6.07) is 41.6. The van der Waals surface area contributed by atoms with Gasteiger partial charge in [0.15, 0.2) is 0 Å². The van der Waals surface area contributed by atoms with Crippen molar-refractivity contribution >= 4 is 49.6 Å². The van der Waals surface area contributed by atoms with Gasteiger partial charge in [-0.05, 0) is 112 Å². The molecule has 1 atom stereocenters. The van der Waals surface area contributed by atoms with Crippen LogP contribution < -0.4 is 14.4 Å². The summed E-state index contributed by atoms with van der Waals surface area (Å²) in [6.45, 7) is 14.5. The molecule has 0 saturated heterocycles. The second kappa shape index (κ2) is 24.5. The first-order valence-corrected chi connectivity index (χ1v) is 22.5. The fraction of sp³-hybridized carbons (Fsp3) is 0.347. The molecule has 1 unspecified atom stereocenters. The van der Waals surface area contributed by atoms with Gasteiger partial charge in [0.1, 0.15) is 29.5 Å². The first-order chi connectivity index (χ1) is 30.5. The third-order valence-corrected chi connectivity index (χ3v) is 12.6. The Balaban J connectivity index is 1.39. The van der Waals surface area contributed by atoms with Gasteiger partial charge in [0, 0.05) is 43.0 Å². The Morgan fingerprint density at radius 1 is 0.746 bits per heavy atom. The van der Waals surface area contributed by atoms with Crippen LogP contribution in [0, 0.1) is 16.5 Å². The predicted octanol–water partition coefficient (Wildman–Crippen LogP) is 12.5. The van der Waals surface area contributed by atoms with Gasteiger partial charge in [0.25, 0.3) is 8.53 Å². The number of nitriles is 1. The topological polar surface area (TPSA) is 127 Å². The van der Waals surface area contributed by atoms with Gasteiger partial charge >= 0.3 is 0 Å². The minimum absolute atomic E-state index is 0.205. The van der Waals surface area contributed by atoms with Crippen molar-refractivity contribution in [2.75, 3.05) is 52.0 Å². The predicted molar refractivity (Wildman–Crippen MR) is 253 cm³/mol. The highest BCUT2D eigenvalue weighted by molar-refractivity contribution is 7.44. The van der Waals surface area contributed by atoms with Crippen LogP contribution in [0.1, 0.15) is 63.6 Å². The molecule has 0 bridgehead atoms. The number of hydrogen-bond donors (Lipinski definition) is 0. The number of methoxy groups -OCH3 is 2. The number of azo groups is 1. The summed E-state index contributed by atoms with van der Waals surface area (Å²) in [4.78, 5) is 2.32. The highest BCUT2D eigenvalue weighted by Gasteiger charge is 2.38. The molecule has 0 radical (unpaired) electrons. The molecule has 0 fully saturated rings. The second-order valence-electron chi connectivity index (χ2n) is 15.2. The smallest absolute Gasteiger partial charge is 0.259 e. The number of ether oxygens (including phenoxy) is 3. The van der Waals surface area contributed by atoms with Crippen molar-refractivity contribution in [1.29, 1.82) is 5.26 Å². The standard InChI is InChI=1S/C49H58ClN6O6P/c1-37(2)56(38(3)4)63(61-34-11-30-51)62-35-13-32-55(43-22-20-42(21-23-43)52-53-48-29-24-44(54(5)57)36-47(48)50)31-12-33-60-49(39-14-9-8-10-15-39,40-16-25-45(58-6)26-17-40)41-18-27-46(59-7)28-19-41/h8-10,14-29,36-38H,5,11-13,31-35H2,1-4,6-7H3. The van der Waals surface area contributed by atoms with Crippen molar-refractivity contribution in [2.24, 2.45) is 10.2 Å². The molecule has 0 aromatic heterocycles. The average molecular weight is 893 g/mol. The molecule has 0 aliphatic heterocycles. The van der Waals surface area contributed by atoms with Crippen molar-refractivity contribution in [3.05, 3.63) is 148 Å². The Morgan fingerprint density at radius 3 is 1.83 bits per heavy atom. The lowest BCUT2D eigenvalue weighted by Crippen LogP contribution is -2.35. The minimum atomic E-state index is -1.36. The Morgan fingerprint density at radius 2 is 1.30 bits per heavy atom. The van der Waals surface area contributed by atoms with E-state index in [0.29, 0.717) is 72.6 Å². The van der Waals surface area contributed by atoms with Gasteiger partial charge in [-0.15, -0.1) is 5.11 Å². The summed E-state index contributed by atoms with van der Waals surface area (Å²) in [5, 5.41) is 29.8. The second-order valence-corrected chi connectivity index (χ2v) is 17.0. The Labute approximate surface area is 378 Å². The van der Waals surface area contributed by atoms with Gasteiger partial charge in [-0.2, -0.15) is 15.1 Å². The fourth-order valence-corrected chi connectivity index (χ4v) is 9.05. The Kier molecular flexibility index (Phi) is 18.9. The van der Waals surface area contributed by atoms with Crippen LogP contribution in [0.25, 0.3) is 0 Å². The molecule has 63 heavy (non-hydrogen) atoms. The molecule has 0 saturated carbocycles. The lowest BCUT2D eigenvalue weighted by molar-refractivity contribution is -0.349. The largest absolute Gasteiger partial charge is 0.619 e. The maximum Gasteiger partial charge on any atom is 0.259 e. The van der Waals surface area contributed by atoms with E-state index in [0.717, 1.165) is 40.3 Å². The van der Waals surface area contributed by atoms with Gasteiger partial charge in [-0.1, -0.05) is 66.2 Å². The van der Waals surface area contributed by atoms with Gasteiger partial charge in [-0.25, -0.2) is 4.67 Å². The summed E-state index contributed by atoms with van der Waals surface area (Å²) in [7, 11) is 1.96. The maximum absolute atomic E-state index is 11.6. The molecular weight excluding hydrogens is 835 g/mol. The van der Waals surface area contributed by atoms with E-state index in [1.165, 1.54) is 6.07 Å². The molecule has 0 spiro atoms. The molecule has 12 nitrogen and oxygen atoms in total. The number of hydrogen-bond acceptors (Lipinski definition) is 11. The first kappa shape index (κ1) is 48.6. The van der Waals surface area contributed by atoms with E-state index in [-0.39, 0.29) is 12.1 Å². The average Bonchev–Trinajstić information content (AvgIpc) is 3.29. The quantitative estimate of drug-likeness (QED) is 0.00822. The normalized spacial score (nSPS) is 12.2. The first-order valence-electron chi connectivity index (χ1n) is 21.0. The third kappa shape index (κ3) is 13.3. The van der Waals surface area contributed by atoms with E-state index >= 15 is 0 Å². The number of halogens is 1. The highest BCUT2D eigenvalue weighted by atomic mass is 35.5. The van der Waals surface area contributed by atoms with Gasteiger partial charge in [-0.3, -0.25) is 0 Å². The van der Waals surface area contributed by atoms with Crippen LogP contribution in [0.3, 0.4) is 0 Å². The zero-order valence-electron chi connectivity index (χ0n) is 37.0. The summed E-state index contributed by atoms with van der Waals surface area (Å²) >= 11 is 6.38. The number of rotatable bonds is 25. The molecule has 5 aromatic carbocycles. The van der Waals surface area contributed by atoms with Crippen LogP contribution in [0.4, 0.5) is 22.7 Å². The van der Waals surface area contributed by atoms with E-state index in [1.54, 1.807) is 26.4 Å². The number of nitrogens with zero attached hydrogens (tertiary/aromatic N) is 6. The SMILES string of the molecule is C=[N+]([O-])c1ccc(N=Nc2ccc(N(CCCOP(OCCC#N)N(C(C)C)C(C)C)CCCOC(c3ccccc3)(c3ccc(OC)cc3)c3ccc(OC)cc3)cc2)c(Cl)c1. The van der Waals surface area contributed by atoms with Crippen LogP contribution in [0.15, 0.2) is 132 Å². The summed E-state index contributed by atoms with van der Waals surface area (Å²) in [6.07, 6.45) is 1.72. The van der Waals surface area contributed by atoms with Gasteiger partial charge < -0.3 is 33.4 Å². The zero-order valence-corrected chi connectivity index (χ0v) is 38.7. The zero-order chi connectivity index (χ0) is 45.2. The molecule has 0 amide bonds. The summed E-state index contributed by atoms with van der Waals surface area (Å²) < 4.78 is 33.6. The van der Waals surface area contributed by atoms with Crippen molar-refractivity contribution < 1.29 is 28.0 Å². The highest BCUT2D eigenvalue weighted by Crippen LogP contribution is 2.46. The molecule has 0 aliphatic carbocycles. The molecule has 0 aliphatic rings. The minimum Gasteiger partial charge on any atom is -0.619 e. The summed E-state index contributed by atoms with van der Waals surface area (Å²) in [5.74, 6) is 1.52. The van der Waals surface area contributed by atoms with Crippen molar-refractivity contribution in [3.63, 3.8) is 0 Å². The lowest BCUT2D eigenvalue weighted by atomic mass is 9.80. The lowest BCUT2D eigenvalue weighted by Gasteiger charge is -2.36. The Hall–Kier alpha value is -5.38. The van der Waals surface area contributed by atoms with Crippen LogP contribution >= 0.6 is 20.1 Å².